The standard InChI is InChI=1S/C15H13FN2OS/c1-19-14-7-6-10(8-12(14)16)18-13-4-3-5-15(20-2)11(13)9-17/h3-8,18H,1-2H3. The molecule has 0 aliphatic carbocycles. The number of methoxy groups -OCH3 is 1. The van der Waals surface area contributed by atoms with E-state index in [0.29, 0.717) is 16.9 Å². The summed E-state index contributed by atoms with van der Waals surface area (Å²) in [6, 6.07) is 12.3. The van der Waals surface area contributed by atoms with Crippen LogP contribution in [-0.4, -0.2) is 13.4 Å². The molecule has 0 spiro atoms. The zero-order valence-corrected chi connectivity index (χ0v) is 11.9. The van der Waals surface area contributed by atoms with Crippen LogP contribution in [-0.2, 0) is 0 Å². The van der Waals surface area contributed by atoms with E-state index >= 15 is 0 Å². The summed E-state index contributed by atoms with van der Waals surface area (Å²) in [4.78, 5) is 0.881. The lowest BCUT2D eigenvalue weighted by Gasteiger charge is -2.11. The average molecular weight is 288 g/mol. The van der Waals surface area contributed by atoms with E-state index in [1.54, 1.807) is 18.2 Å². The van der Waals surface area contributed by atoms with Gasteiger partial charge in [0.15, 0.2) is 11.6 Å². The Labute approximate surface area is 121 Å². The SMILES string of the molecule is COc1ccc(Nc2cccc(SC)c2C#N)cc1F. The summed E-state index contributed by atoms with van der Waals surface area (Å²) in [7, 11) is 1.42. The molecule has 0 radical (unpaired) electrons. The third-order valence-corrected chi connectivity index (χ3v) is 3.57. The van der Waals surface area contributed by atoms with Crippen molar-refractivity contribution in [2.24, 2.45) is 0 Å². The van der Waals surface area contributed by atoms with Gasteiger partial charge in [0.2, 0.25) is 0 Å². The van der Waals surface area contributed by atoms with Gasteiger partial charge in [-0.3, -0.25) is 0 Å². The Bertz CT molecular complexity index is 667. The van der Waals surface area contributed by atoms with Gasteiger partial charge in [0, 0.05) is 16.6 Å². The molecule has 2 aromatic rings. The molecule has 0 heterocycles. The number of nitrogens with zero attached hydrogens (tertiary/aromatic N) is 1. The number of nitriles is 1. The zero-order chi connectivity index (χ0) is 14.5. The Morgan fingerprint density at radius 2 is 2.10 bits per heavy atom. The van der Waals surface area contributed by atoms with Gasteiger partial charge in [-0.2, -0.15) is 5.26 Å². The highest BCUT2D eigenvalue weighted by Crippen LogP contribution is 2.29. The quantitative estimate of drug-likeness (QED) is 0.858. The minimum absolute atomic E-state index is 0.189. The molecule has 5 heteroatoms. The molecule has 0 unspecified atom stereocenters. The Morgan fingerprint density at radius 1 is 1.30 bits per heavy atom. The number of hydrogen-bond donors (Lipinski definition) is 1. The first-order valence-corrected chi connectivity index (χ1v) is 7.09. The first-order valence-electron chi connectivity index (χ1n) is 5.87. The second-order valence-corrected chi connectivity index (χ2v) is 4.82. The minimum Gasteiger partial charge on any atom is -0.494 e. The predicted octanol–water partition coefficient (Wildman–Crippen LogP) is 4.17. The maximum atomic E-state index is 13.6. The van der Waals surface area contributed by atoms with Crippen LogP contribution in [0, 0.1) is 17.1 Å². The number of anilines is 2. The van der Waals surface area contributed by atoms with Crippen molar-refractivity contribution < 1.29 is 9.13 Å². The van der Waals surface area contributed by atoms with Crippen molar-refractivity contribution in [2.75, 3.05) is 18.7 Å². The normalized spacial score (nSPS) is 9.90. The fourth-order valence-corrected chi connectivity index (χ4v) is 2.39. The van der Waals surface area contributed by atoms with Gasteiger partial charge < -0.3 is 10.1 Å². The average Bonchev–Trinajstić information content (AvgIpc) is 2.47. The van der Waals surface area contributed by atoms with Crippen LogP contribution in [0.5, 0.6) is 5.75 Å². The van der Waals surface area contributed by atoms with Gasteiger partial charge in [-0.15, -0.1) is 11.8 Å². The van der Waals surface area contributed by atoms with Crippen LogP contribution < -0.4 is 10.1 Å². The minimum atomic E-state index is -0.447. The highest BCUT2D eigenvalue weighted by molar-refractivity contribution is 7.98. The zero-order valence-electron chi connectivity index (χ0n) is 11.1. The molecule has 20 heavy (non-hydrogen) atoms. The summed E-state index contributed by atoms with van der Waals surface area (Å²) in [6.45, 7) is 0. The fraction of sp³-hybridized carbons (Fsp3) is 0.133. The molecule has 0 saturated carbocycles. The lowest BCUT2D eigenvalue weighted by atomic mass is 10.2. The fourth-order valence-electron chi connectivity index (χ4n) is 1.82. The Hall–Kier alpha value is -2.19. The number of halogens is 1. The molecular formula is C15H13FN2OS. The number of benzene rings is 2. The summed E-state index contributed by atoms with van der Waals surface area (Å²) >= 11 is 1.50. The van der Waals surface area contributed by atoms with Crippen molar-refractivity contribution in [1.29, 1.82) is 5.26 Å². The second-order valence-electron chi connectivity index (χ2n) is 3.97. The topological polar surface area (TPSA) is 45.0 Å². The molecule has 2 aromatic carbocycles. The van der Waals surface area contributed by atoms with Crippen LogP contribution in [0.15, 0.2) is 41.3 Å². The van der Waals surface area contributed by atoms with Crippen LogP contribution in [0.25, 0.3) is 0 Å². The van der Waals surface area contributed by atoms with E-state index < -0.39 is 5.82 Å². The smallest absolute Gasteiger partial charge is 0.167 e. The molecular weight excluding hydrogens is 275 g/mol. The lowest BCUT2D eigenvalue weighted by Crippen LogP contribution is -1.96. The predicted molar refractivity (Wildman–Crippen MR) is 79.2 cm³/mol. The van der Waals surface area contributed by atoms with Crippen molar-refractivity contribution in [1.82, 2.24) is 0 Å². The first-order chi connectivity index (χ1) is 9.69. The maximum absolute atomic E-state index is 13.6. The van der Waals surface area contributed by atoms with Crippen molar-refractivity contribution >= 4 is 23.1 Å². The van der Waals surface area contributed by atoms with Crippen molar-refractivity contribution in [2.45, 2.75) is 4.90 Å². The third kappa shape index (κ3) is 2.86. The number of hydrogen-bond acceptors (Lipinski definition) is 4. The maximum Gasteiger partial charge on any atom is 0.167 e. The molecule has 0 fully saturated rings. The van der Waals surface area contributed by atoms with Gasteiger partial charge >= 0.3 is 0 Å². The number of ether oxygens (including phenoxy) is 1. The third-order valence-electron chi connectivity index (χ3n) is 2.79. The summed E-state index contributed by atoms with van der Waals surface area (Å²) in [6.07, 6.45) is 1.91. The monoisotopic (exact) mass is 288 g/mol. The highest BCUT2D eigenvalue weighted by atomic mass is 32.2. The number of rotatable bonds is 4. The van der Waals surface area contributed by atoms with Crippen LogP contribution >= 0.6 is 11.8 Å². The Balaban J connectivity index is 2.35. The van der Waals surface area contributed by atoms with Gasteiger partial charge in [0.1, 0.15) is 6.07 Å². The van der Waals surface area contributed by atoms with Gasteiger partial charge in [-0.25, -0.2) is 4.39 Å². The molecule has 2 rings (SSSR count). The van der Waals surface area contributed by atoms with E-state index in [9.17, 15) is 9.65 Å². The van der Waals surface area contributed by atoms with E-state index in [1.807, 2.05) is 18.4 Å². The van der Waals surface area contributed by atoms with Crippen molar-refractivity contribution in [3.63, 3.8) is 0 Å². The second kappa shape index (κ2) is 6.31. The van der Waals surface area contributed by atoms with Gasteiger partial charge in [0.25, 0.3) is 0 Å². The van der Waals surface area contributed by atoms with Gasteiger partial charge in [0.05, 0.1) is 18.4 Å². The first kappa shape index (κ1) is 14.2. The Kier molecular flexibility index (Phi) is 4.49. The van der Waals surface area contributed by atoms with Crippen LogP contribution in [0.2, 0.25) is 0 Å². The van der Waals surface area contributed by atoms with Gasteiger partial charge in [-0.1, -0.05) is 6.07 Å². The molecule has 0 bridgehead atoms. The molecule has 102 valence electrons. The summed E-state index contributed by atoms with van der Waals surface area (Å²) < 4.78 is 18.5. The molecule has 0 aliphatic heterocycles. The number of thioether (sulfide) groups is 1. The molecule has 3 nitrogen and oxygen atoms in total. The number of nitrogens with one attached hydrogen (secondary N) is 1. The molecule has 0 saturated heterocycles. The van der Waals surface area contributed by atoms with E-state index in [-0.39, 0.29) is 5.75 Å². The van der Waals surface area contributed by atoms with Crippen molar-refractivity contribution in [3.8, 4) is 11.8 Å². The highest BCUT2D eigenvalue weighted by Gasteiger charge is 2.09. The molecule has 0 atom stereocenters. The van der Waals surface area contributed by atoms with Gasteiger partial charge in [-0.05, 0) is 30.5 Å². The van der Waals surface area contributed by atoms with Crippen LogP contribution in [0.3, 0.4) is 0 Å². The van der Waals surface area contributed by atoms with Crippen molar-refractivity contribution in [3.05, 3.63) is 47.8 Å². The molecule has 0 aromatic heterocycles. The van der Waals surface area contributed by atoms with E-state index in [2.05, 4.69) is 11.4 Å². The lowest BCUT2D eigenvalue weighted by molar-refractivity contribution is 0.386. The van der Waals surface area contributed by atoms with E-state index in [0.717, 1.165) is 4.90 Å². The van der Waals surface area contributed by atoms with E-state index in [4.69, 9.17) is 4.74 Å². The van der Waals surface area contributed by atoms with Crippen LogP contribution in [0.4, 0.5) is 15.8 Å². The summed E-state index contributed by atoms with van der Waals surface area (Å²) in [5.41, 5.74) is 1.78. The van der Waals surface area contributed by atoms with E-state index in [1.165, 1.54) is 24.9 Å². The summed E-state index contributed by atoms with van der Waals surface area (Å²) in [5, 5.41) is 12.3. The van der Waals surface area contributed by atoms with Crippen LogP contribution in [0.1, 0.15) is 5.56 Å². The largest absolute Gasteiger partial charge is 0.494 e. The molecule has 1 N–H and O–H groups in total. The molecule has 0 aliphatic rings. The Morgan fingerprint density at radius 3 is 2.70 bits per heavy atom. The summed E-state index contributed by atoms with van der Waals surface area (Å²) in [5.74, 6) is -0.258. The molecule has 0 amide bonds.